The first kappa shape index (κ1) is 20.1. The van der Waals surface area contributed by atoms with E-state index in [-0.39, 0.29) is 28.1 Å². The Morgan fingerprint density at radius 2 is 1.54 bits per heavy atom. The molecule has 1 amide bonds. The van der Waals surface area contributed by atoms with Crippen LogP contribution in [0.15, 0.2) is 42.5 Å². The molecule has 2 aromatic rings. The molecule has 0 bridgehead atoms. The highest BCUT2D eigenvalue weighted by molar-refractivity contribution is 6.39. The van der Waals surface area contributed by atoms with Gasteiger partial charge in [0.25, 0.3) is 5.91 Å². The molecule has 0 fully saturated rings. The Morgan fingerprint density at radius 3 is 2.08 bits per heavy atom. The lowest BCUT2D eigenvalue weighted by molar-refractivity contribution is -0.133. The second-order valence-electron chi connectivity index (χ2n) is 5.98. The normalized spacial score (nSPS) is 10.3. The quantitative estimate of drug-likeness (QED) is 0.697. The fourth-order valence-corrected chi connectivity index (χ4v) is 2.82. The predicted octanol–water partition coefficient (Wildman–Crippen LogP) is 3.87. The third kappa shape index (κ3) is 5.13. The van der Waals surface area contributed by atoms with Gasteiger partial charge in [-0.05, 0) is 29.8 Å². The number of amides is 1. The van der Waals surface area contributed by atoms with Gasteiger partial charge >= 0.3 is 5.97 Å². The predicted molar refractivity (Wildman–Crippen MR) is 104 cm³/mol. The van der Waals surface area contributed by atoms with Crippen molar-refractivity contribution in [2.24, 2.45) is 0 Å². The maximum atomic E-state index is 12.2. The molecule has 0 spiro atoms. The lowest BCUT2D eigenvalue weighted by Gasteiger charge is -2.18. The second kappa shape index (κ2) is 8.92. The van der Waals surface area contributed by atoms with E-state index in [1.54, 1.807) is 13.1 Å². The molecule has 0 atom stereocenters. The molecule has 138 valence electrons. The summed E-state index contributed by atoms with van der Waals surface area (Å²) in [7, 11) is 5.58. The third-order valence-electron chi connectivity index (χ3n) is 3.79. The van der Waals surface area contributed by atoms with Gasteiger partial charge in [0.1, 0.15) is 0 Å². The Morgan fingerprint density at radius 1 is 0.962 bits per heavy atom. The van der Waals surface area contributed by atoms with E-state index in [9.17, 15) is 9.59 Å². The van der Waals surface area contributed by atoms with Crippen LogP contribution >= 0.6 is 23.2 Å². The van der Waals surface area contributed by atoms with Gasteiger partial charge in [-0.2, -0.15) is 0 Å². The van der Waals surface area contributed by atoms with Crippen LogP contribution in [0, 0.1) is 0 Å². The van der Waals surface area contributed by atoms with Crippen LogP contribution in [-0.4, -0.2) is 44.5 Å². The molecule has 5 nitrogen and oxygen atoms in total. The average Bonchev–Trinajstić information content (AvgIpc) is 2.59. The number of carbonyl (C=O) groups excluding carboxylic acids is 2. The molecule has 0 aliphatic heterocycles. The number of carbonyl (C=O) groups is 2. The monoisotopic (exact) mass is 394 g/mol. The molecular formula is C19H20Cl2N2O3. The van der Waals surface area contributed by atoms with E-state index in [1.807, 2.05) is 43.3 Å². The average molecular weight is 395 g/mol. The fraction of sp³-hybridized carbons (Fsp3) is 0.263. The molecule has 0 saturated heterocycles. The van der Waals surface area contributed by atoms with Gasteiger partial charge in [0.15, 0.2) is 6.61 Å². The standard InChI is InChI=1S/C19H20Cl2N2O3/c1-22(2)14-9-7-13(8-10-14)11-23(3)17(24)12-26-19(25)18-15(20)5-4-6-16(18)21/h4-10H,11-12H2,1-3H3. The van der Waals surface area contributed by atoms with Crippen molar-refractivity contribution < 1.29 is 14.3 Å². The van der Waals surface area contributed by atoms with Crippen LogP contribution in [0.4, 0.5) is 5.69 Å². The number of likely N-dealkylation sites (N-methyl/N-ethyl adjacent to an activating group) is 1. The second-order valence-corrected chi connectivity index (χ2v) is 6.80. The maximum absolute atomic E-state index is 12.2. The van der Waals surface area contributed by atoms with Crippen molar-refractivity contribution in [2.75, 3.05) is 32.6 Å². The fourth-order valence-electron chi connectivity index (χ4n) is 2.26. The van der Waals surface area contributed by atoms with E-state index in [4.69, 9.17) is 27.9 Å². The van der Waals surface area contributed by atoms with Crippen LogP contribution in [0.2, 0.25) is 10.0 Å². The first-order chi connectivity index (χ1) is 12.3. The Bertz CT molecular complexity index is 772. The first-order valence-corrected chi connectivity index (χ1v) is 8.66. The molecule has 2 aromatic carbocycles. The minimum Gasteiger partial charge on any atom is -0.452 e. The van der Waals surface area contributed by atoms with E-state index < -0.39 is 5.97 Å². The van der Waals surface area contributed by atoms with E-state index in [0.29, 0.717) is 6.54 Å². The molecule has 0 aliphatic rings. The van der Waals surface area contributed by atoms with Crippen molar-refractivity contribution in [1.29, 1.82) is 0 Å². The molecule has 0 N–H and O–H groups in total. The van der Waals surface area contributed by atoms with Crippen LogP contribution in [0.5, 0.6) is 0 Å². The number of nitrogens with zero attached hydrogens (tertiary/aromatic N) is 2. The Labute approximate surface area is 163 Å². The molecule has 26 heavy (non-hydrogen) atoms. The van der Waals surface area contributed by atoms with Crippen molar-refractivity contribution in [1.82, 2.24) is 4.90 Å². The largest absolute Gasteiger partial charge is 0.452 e. The maximum Gasteiger partial charge on any atom is 0.341 e. The molecule has 2 rings (SSSR count). The summed E-state index contributed by atoms with van der Waals surface area (Å²) in [6.07, 6.45) is 0. The molecular weight excluding hydrogens is 375 g/mol. The zero-order valence-corrected chi connectivity index (χ0v) is 16.3. The van der Waals surface area contributed by atoms with Crippen LogP contribution < -0.4 is 4.90 Å². The van der Waals surface area contributed by atoms with Crippen LogP contribution in [0.1, 0.15) is 15.9 Å². The molecule has 0 heterocycles. The number of esters is 1. The van der Waals surface area contributed by atoms with Crippen LogP contribution in [0.25, 0.3) is 0 Å². The van der Waals surface area contributed by atoms with E-state index in [0.717, 1.165) is 11.3 Å². The number of rotatable bonds is 6. The number of benzene rings is 2. The molecule has 0 radical (unpaired) electrons. The van der Waals surface area contributed by atoms with E-state index >= 15 is 0 Å². The first-order valence-electron chi connectivity index (χ1n) is 7.91. The lowest BCUT2D eigenvalue weighted by atomic mass is 10.2. The van der Waals surface area contributed by atoms with Gasteiger partial charge in [-0.3, -0.25) is 4.79 Å². The zero-order valence-electron chi connectivity index (χ0n) is 14.8. The number of hydrogen-bond donors (Lipinski definition) is 0. The summed E-state index contributed by atoms with van der Waals surface area (Å²) in [5.74, 6) is -1.05. The minimum absolute atomic E-state index is 0.0607. The van der Waals surface area contributed by atoms with Gasteiger partial charge in [-0.25, -0.2) is 4.79 Å². The number of ether oxygens (including phenoxy) is 1. The van der Waals surface area contributed by atoms with E-state index in [1.165, 1.54) is 17.0 Å². The molecule has 0 aromatic heterocycles. The van der Waals surface area contributed by atoms with Crippen molar-refractivity contribution >= 4 is 40.8 Å². The van der Waals surface area contributed by atoms with Gasteiger partial charge in [0.05, 0.1) is 15.6 Å². The van der Waals surface area contributed by atoms with Gasteiger partial charge in [0, 0.05) is 33.4 Å². The van der Waals surface area contributed by atoms with Gasteiger partial charge in [-0.1, -0.05) is 41.4 Å². The van der Waals surface area contributed by atoms with Gasteiger partial charge in [0.2, 0.25) is 0 Å². The van der Waals surface area contributed by atoms with Crippen molar-refractivity contribution in [2.45, 2.75) is 6.54 Å². The molecule has 7 heteroatoms. The summed E-state index contributed by atoms with van der Waals surface area (Å²) in [5, 5.41) is 0.369. The Kier molecular flexibility index (Phi) is 6.89. The third-order valence-corrected chi connectivity index (χ3v) is 4.42. The number of halogens is 2. The summed E-state index contributed by atoms with van der Waals surface area (Å²) < 4.78 is 5.06. The number of anilines is 1. The lowest BCUT2D eigenvalue weighted by Crippen LogP contribution is -2.30. The Hall–Kier alpha value is -2.24. The smallest absolute Gasteiger partial charge is 0.341 e. The molecule has 0 unspecified atom stereocenters. The SMILES string of the molecule is CN(Cc1ccc(N(C)C)cc1)C(=O)COC(=O)c1c(Cl)cccc1Cl. The summed E-state index contributed by atoms with van der Waals surface area (Å²) >= 11 is 11.9. The summed E-state index contributed by atoms with van der Waals surface area (Å²) in [6.45, 7) is 0.0314. The highest BCUT2D eigenvalue weighted by Gasteiger charge is 2.18. The highest BCUT2D eigenvalue weighted by atomic mass is 35.5. The number of hydrogen-bond acceptors (Lipinski definition) is 4. The topological polar surface area (TPSA) is 49.9 Å². The minimum atomic E-state index is -0.724. The van der Waals surface area contributed by atoms with Crippen molar-refractivity contribution in [3.05, 3.63) is 63.6 Å². The Balaban J connectivity index is 1.91. The van der Waals surface area contributed by atoms with Gasteiger partial charge in [-0.15, -0.1) is 0 Å². The van der Waals surface area contributed by atoms with Crippen molar-refractivity contribution in [3.8, 4) is 0 Å². The molecule has 0 aliphatic carbocycles. The zero-order chi connectivity index (χ0) is 19.3. The van der Waals surface area contributed by atoms with Crippen molar-refractivity contribution in [3.63, 3.8) is 0 Å². The van der Waals surface area contributed by atoms with Gasteiger partial charge < -0.3 is 14.5 Å². The molecule has 0 saturated carbocycles. The summed E-state index contributed by atoms with van der Waals surface area (Å²) in [6, 6.07) is 12.6. The van der Waals surface area contributed by atoms with Crippen LogP contribution in [0.3, 0.4) is 0 Å². The van der Waals surface area contributed by atoms with E-state index in [2.05, 4.69) is 0 Å². The summed E-state index contributed by atoms with van der Waals surface area (Å²) in [4.78, 5) is 27.8. The highest BCUT2D eigenvalue weighted by Crippen LogP contribution is 2.25. The van der Waals surface area contributed by atoms with Crippen LogP contribution in [-0.2, 0) is 16.1 Å². The summed E-state index contributed by atoms with van der Waals surface area (Å²) in [5.41, 5.74) is 2.12.